The molecule has 28 heavy (non-hydrogen) atoms. The summed E-state index contributed by atoms with van der Waals surface area (Å²) in [6.45, 7) is 4.26. The SMILES string of the molecule is C=NN/C=C(\Cc1nc2ccccc2[nH]1)NC(=O)c1cccc2c1OCCO2. The van der Waals surface area contributed by atoms with Gasteiger partial charge in [0, 0.05) is 25.0 Å². The van der Waals surface area contributed by atoms with Crippen LogP contribution in [0.5, 0.6) is 11.5 Å². The van der Waals surface area contributed by atoms with Crippen LogP contribution < -0.4 is 20.2 Å². The summed E-state index contributed by atoms with van der Waals surface area (Å²) >= 11 is 0. The Labute approximate surface area is 161 Å². The Morgan fingerprint density at radius 1 is 1.21 bits per heavy atom. The molecule has 3 N–H and O–H groups in total. The van der Waals surface area contributed by atoms with E-state index in [0.717, 1.165) is 11.0 Å². The minimum absolute atomic E-state index is 0.310. The lowest BCUT2D eigenvalue weighted by Crippen LogP contribution is -2.27. The zero-order chi connectivity index (χ0) is 19.3. The van der Waals surface area contributed by atoms with E-state index in [1.807, 2.05) is 24.3 Å². The van der Waals surface area contributed by atoms with Crippen molar-refractivity contribution in [2.24, 2.45) is 5.10 Å². The number of para-hydroxylation sites is 3. The highest BCUT2D eigenvalue weighted by molar-refractivity contribution is 5.98. The van der Waals surface area contributed by atoms with Gasteiger partial charge in [-0.1, -0.05) is 18.2 Å². The lowest BCUT2D eigenvalue weighted by atomic mass is 10.1. The van der Waals surface area contributed by atoms with Gasteiger partial charge in [-0.2, -0.15) is 5.10 Å². The molecule has 8 nitrogen and oxygen atoms in total. The van der Waals surface area contributed by atoms with Crippen molar-refractivity contribution in [3.8, 4) is 11.5 Å². The molecule has 8 heteroatoms. The van der Waals surface area contributed by atoms with E-state index in [9.17, 15) is 4.79 Å². The second-order valence-electron chi connectivity index (χ2n) is 6.12. The summed E-state index contributed by atoms with van der Waals surface area (Å²) in [4.78, 5) is 20.6. The number of hydrogen-bond acceptors (Lipinski definition) is 6. The molecule has 1 aliphatic rings. The molecular weight excluding hydrogens is 358 g/mol. The monoisotopic (exact) mass is 377 g/mol. The van der Waals surface area contributed by atoms with Crippen LogP contribution in [0.2, 0.25) is 0 Å². The van der Waals surface area contributed by atoms with Gasteiger partial charge in [0.05, 0.1) is 16.6 Å². The van der Waals surface area contributed by atoms with Crippen LogP contribution in [0.3, 0.4) is 0 Å². The highest BCUT2D eigenvalue weighted by Gasteiger charge is 2.21. The predicted octanol–water partition coefficient (Wildman–Crippen LogP) is 2.35. The normalized spacial score (nSPS) is 13.2. The number of fused-ring (bicyclic) bond motifs is 2. The molecule has 0 fully saturated rings. The molecular formula is C20H19N5O3. The van der Waals surface area contributed by atoms with Gasteiger partial charge in [-0.25, -0.2) is 4.98 Å². The van der Waals surface area contributed by atoms with Crippen molar-refractivity contribution in [3.05, 3.63) is 65.7 Å². The molecule has 0 saturated carbocycles. The van der Waals surface area contributed by atoms with Crippen molar-refractivity contribution in [1.29, 1.82) is 0 Å². The Hall–Kier alpha value is -3.81. The lowest BCUT2D eigenvalue weighted by Gasteiger charge is -2.20. The Kier molecular flexibility index (Phi) is 4.92. The Morgan fingerprint density at radius 2 is 2.07 bits per heavy atom. The molecule has 0 bridgehead atoms. The van der Waals surface area contributed by atoms with E-state index in [0.29, 0.717) is 48.2 Å². The van der Waals surface area contributed by atoms with E-state index in [4.69, 9.17) is 9.47 Å². The van der Waals surface area contributed by atoms with Gasteiger partial charge in [0.25, 0.3) is 5.91 Å². The minimum Gasteiger partial charge on any atom is -0.486 e. The number of benzene rings is 2. The predicted molar refractivity (Wildman–Crippen MR) is 105 cm³/mol. The number of rotatable bonds is 6. The van der Waals surface area contributed by atoms with Crippen LogP contribution in [0.25, 0.3) is 11.0 Å². The fourth-order valence-electron chi connectivity index (χ4n) is 2.99. The fourth-order valence-corrected chi connectivity index (χ4v) is 2.99. The van der Waals surface area contributed by atoms with Gasteiger partial charge in [-0.3, -0.25) is 10.2 Å². The Morgan fingerprint density at radius 3 is 2.93 bits per heavy atom. The molecule has 2 aromatic carbocycles. The maximum Gasteiger partial charge on any atom is 0.259 e. The number of carbonyl (C=O) groups is 1. The number of H-pyrrole nitrogens is 1. The van der Waals surface area contributed by atoms with Gasteiger partial charge >= 0.3 is 0 Å². The number of hydrazone groups is 1. The van der Waals surface area contributed by atoms with Gasteiger partial charge in [0.1, 0.15) is 19.0 Å². The zero-order valence-electron chi connectivity index (χ0n) is 15.1. The Bertz CT molecular complexity index is 1020. The van der Waals surface area contributed by atoms with Crippen molar-refractivity contribution >= 4 is 23.7 Å². The molecule has 0 atom stereocenters. The van der Waals surface area contributed by atoms with Gasteiger partial charge in [0.2, 0.25) is 0 Å². The molecule has 2 heterocycles. The number of nitrogens with zero attached hydrogens (tertiary/aromatic N) is 2. The molecule has 3 aromatic rings. The average molecular weight is 377 g/mol. The maximum atomic E-state index is 12.9. The average Bonchev–Trinajstić information content (AvgIpc) is 3.13. The van der Waals surface area contributed by atoms with Crippen molar-refractivity contribution < 1.29 is 14.3 Å². The van der Waals surface area contributed by atoms with Gasteiger partial charge in [-0.05, 0) is 24.3 Å². The molecule has 4 rings (SSSR count). The summed E-state index contributed by atoms with van der Waals surface area (Å²) in [6, 6.07) is 13.0. The summed E-state index contributed by atoms with van der Waals surface area (Å²) in [5, 5.41) is 6.49. The van der Waals surface area contributed by atoms with Crippen LogP contribution in [-0.4, -0.2) is 35.8 Å². The molecule has 0 unspecified atom stereocenters. The number of hydrogen-bond donors (Lipinski definition) is 3. The van der Waals surface area contributed by atoms with Crippen LogP contribution >= 0.6 is 0 Å². The number of amides is 1. The maximum absolute atomic E-state index is 12.9. The van der Waals surface area contributed by atoms with Crippen LogP contribution in [0.4, 0.5) is 0 Å². The molecule has 0 radical (unpaired) electrons. The largest absolute Gasteiger partial charge is 0.486 e. The Balaban J connectivity index is 1.57. The third-order valence-corrected chi connectivity index (χ3v) is 4.21. The number of aromatic nitrogens is 2. The van der Waals surface area contributed by atoms with Gasteiger partial charge in [0.15, 0.2) is 11.5 Å². The topological polar surface area (TPSA) is 101 Å². The van der Waals surface area contributed by atoms with E-state index < -0.39 is 0 Å². The first-order chi connectivity index (χ1) is 13.7. The number of ether oxygens (including phenoxy) is 2. The van der Waals surface area contributed by atoms with Crippen molar-refractivity contribution in [2.45, 2.75) is 6.42 Å². The second-order valence-corrected chi connectivity index (χ2v) is 6.12. The molecule has 1 aromatic heterocycles. The highest BCUT2D eigenvalue weighted by Crippen LogP contribution is 2.33. The third-order valence-electron chi connectivity index (χ3n) is 4.21. The molecule has 142 valence electrons. The molecule has 0 aliphatic carbocycles. The van der Waals surface area contributed by atoms with E-state index in [2.05, 4.69) is 32.5 Å². The standard InChI is InChI=1S/C20H19N5O3/c1-21-22-12-13(11-18-24-15-6-2-3-7-16(15)25-18)23-20(26)14-5-4-8-17-19(14)28-10-9-27-17/h2-8,12,22H,1,9-11H2,(H,23,26)(H,24,25)/b13-12+. The number of nitrogens with one attached hydrogen (secondary N) is 3. The summed E-state index contributed by atoms with van der Waals surface area (Å²) in [7, 11) is 0. The van der Waals surface area contributed by atoms with E-state index in [1.165, 1.54) is 0 Å². The summed E-state index contributed by atoms with van der Waals surface area (Å²) in [5.41, 5.74) is 5.43. The van der Waals surface area contributed by atoms with E-state index in [1.54, 1.807) is 24.4 Å². The number of carbonyl (C=O) groups excluding carboxylic acids is 1. The highest BCUT2D eigenvalue weighted by atomic mass is 16.6. The molecule has 1 aliphatic heterocycles. The van der Waals surface area contributed by atoms with Gasteiger partial charge in [-0.15, -0.1) is 0 Å². The smallest absolute Gasteiger partial charge is 0.259 e. The van der Waals surface area contributed by atoms with Crippen molar-refractivity contribution in [1.82, 2.24) is 20.7 Å². The lowest BCUT2D eigenvalue weighted by molar-refractivity contribution is 0.0953. The van der Waals surface area contributed by atoms with Gasteiger partial charge < -0.3 is 19.8 Å². The second kappa shape index (κ2) is 7.83. The molecule has 1 amide bonds. The van der Waals surface area contributed by atoms with Crippen LogP contribution in [0.15, 0.2) is 59.5 Å². The molecule has 0 saturated heterocycles. The van der Waals surface area contributed by atoms with Crippen molar-refractivity contribution in [3.63, 3.8) is 0 Å². The van der Waals surface area contributed by atoms with Crippen LogP contribution in [0, 0.1) is 0 Å². The first kappa shape index (κ1) is 17.6. The third kappa shape index (κ3) is 3.66. The fraction of sp³-hybridized carbons (Fsp3) is 0.150. The molecule has 0 spiro atoms. The quantitative estimate of drug-likeness (QED) is 0.452. The summed E-state index contributed by atoms with van der Waals surface area (Å²) in [5.74, 6) is 1.42. The van der Waals surface area contributed by atoms with E-state index in [-0.39, 0.29) is 5.91 Å². The minimum atomic E-state index is -0.310. The van der Waals surface area contributed by atoms with Crippen molar-refractivity contribution in [2.75, 3.05) is 13.2 Å². The number of imidazole rings is 1. The number of allylic oxidation sites excluding steroid dienone is 1. The summed E-state index contributed by atoms with van der Waals surface area (Å²) in [6.07, 6.45) is 1.94. The number of aromatic amines is 1. The summed E-state index contributed by atoms with van der Waals surface area (Å²) < 4.78 is 11.2. The van der Waals surface area contributed by atoms with E-state index >= 15 is 0 Å². The first-order valence-electron chi connectivity index (χ1n) is 8.78. The van der Waals surface area contributed by atoms with Crippen LogP contribution in [0.1, 0.15) is 16.2 Å². The first-order valence-corrected chi connectivity index (χ1v) is 8.78. The van der Waals surface area contributed by atoms with Crippen LogP contribution in [-0.2, 0) is 6.42 Å². The zero-order valence-corrected chi connectivity index (χ0v) is 15.1.